The maximum atomic E-state index is 12.8. The highest BCUT2D eigenvalue weighted by molar-refractivity contribution is 6.01. The second-order valence-corrected chi connectivity index (χ2v) is 15.6. The van der Waals surface area contributed by atoms with Crippen LogP contribution in [0.5, 0.6) is 0 Å². The molecule has 0 radical (unpaired) electrons. The molecule has 5 heterocycles. The molecule has 11 heteroatoms. The lowest BCUT2D eigenvalue weighted by atomic mass is 9.89. The number of piperidine rings is 2. The van der Waals surface area contributed by atoms with Gasteiger partial charge in [0.25, 0.3) is 5.91 Å². The van der Waals surface area contributed by atoms with E-state index in [1.807, 2.05) is 28.8 Å². The number of pyridine rings is 1. The van der Waals surface area contributed by atoms with Crippen LogP contribution in [0.4, 0.5) is 5.69 Å². The largest absolute Gasteiger partial charge is 0.374 e. The van der Waals surface area contributed by atoms with Crippen LogP contribution in [-0.2, 0) is 22.7 Å². The number of aromatic nitrogens is 4. The van der Waals surface area contributed by atoms with E-state index < -0.39 is 0 Å². The second-order valence-electron chi connectivity index (χ2n) is 15.6. The average molecular weight is 761 g/mol. The molecule has 8 rings (SSSR count). The minimum absolute atomic E-state index is 0.191. The summed E-state index contributed by atoms with van der Waals surface area (Å²) >= 11 is 0. The molecule has 0 saturated carbocycles. The van der Waals surface area contributed by atoms with Crippen molar-refractivity contribution in [2.75, 3.05) is 18.4 Å². The number of nitrogens with zero attached hydrogens (tertiary/aromatic N) is 5. The molecule has 2 aliphatic rings. The van der Waals surface area contributed by atoms with Crippen molar-refractivity contribution < 1.29 is 14.4 Å². The first-order valence-electron chi connectivity index (χ1n) is 19.9. The SMILES string of the molecule is Cc1cc(-c2ncnn3cc(-c4ccc(CN5CCC(c6ccc(NC7CCC(=O)NC7=O)cc6)CC5)cc4)cc23)ccc1CNC(=O)c1ccc(C(C)C)cn1. The summed E-state index contributed by atoms with van der Waals surface area (Å²) in [6.45, 7) is 9.66. The van der Waals surface area contributed by atoms with Gasteiger partial charge in [-0.2, -0.15) is 5.10 Å². The van der Waals surface area contributed by atoms with Crippen LogP contribution in [0.1, 0.15) is 89.7 Å². The molecule has 3 aromatic carbocycles. The summed E-state index contributed by atoms with van der Waals surface area (Å²) in [5, 5.41) is 13.2. The van der Waals surface area contributed by atoms with Gasteiger partial charge in [0.15, 0.2) is 0 Å². The van der Waals surface area contributed by atoms with Crippen molar-refractivity contribution in [3.8, 4) is 22.4 Å². The lowest BCUT2D eigenvalue weighted by molar-refractivity contribution is -0.133. The van der Waals surface area contributed by atoms with E-state index in [4.69, 9.17) is 0 Å². The normalized spacial score (nSPS) is 16.5. The minimum atomic E-state index is -0.373. The fraction of sp³-hybridized carbons (Fsp3) is 0.304. The van der Waals surface area contributed by atoms with Gasteiger partial charge >= 0.3 is 0 Å². The third-order valence-electron chi connectivity index (χ3n) is 11.4. The zero-order chi connectivity index (χ0) is 39.5. The number of rotatable bonds is 11. The molecule has 0 aliphatic carbocycles. The predicted molar refractivity (Wildman–Crippen MR) is 222 cm³/mol. The molecule has 2 saturated heterocycles. The monoisotopic (exact) mass is 760 g/mol. The minimum Gasteiger partial charge on any atom is -0.374 e. The standard InChI is InChI=1S/C46H48N8O3/c1-29(2)36-12-15-40(47-24-36)45(56)48-25-37-9-8-35(22-30(37)3)44-42-23-38(27-54(42)50-28-49-44)33-6-4-31(5-7-33)26-53-20-18-34(19-21-53)32-10-13-39(14-11-32)51-41-16-17-43(55)52-46(41)57/h4-15,22-24,27-29,34,41,51H,16-21,25-26H2,1-3H3,(H,48,56)(H,52,55,57). The van der Waals surface area contributed by atoms with Crippen LogP contribution in [0.25, 0.3) is 27.9 Å². The molecule has 2 aliphatic heterocycles. The molecule has 3 aromatic heterocycles. The summed E-state index contributed by atoms with van der Waals surface area (Å²) < 4.78 is 1.89. The number of imide groups is 1. The van der Waals surface area contributed by atoms with Gasteiger partial charge in [-0.05, 0) is 115 Å². The molecule has 3 N–H and O–H groups in total. The van der Waals surface area contributed by atoms with E-state index >= 15 is 0 Å². The Hall–Kier alpha value is -6.20. The quantitative estimate of drug-likeness (QED) is 0.116. The Morgan fingerprint density at radius 1 is 0.877 bits per heavy atom. The summed E-state index contributed by atoms with van der Waals surface area (Å²) in [5.74, 6) is 0.228. The number of carbonyl (C=O) groups excluding carboxylic acids is 3. The Kier molecular flexibility index (Phi) is 10.9. The smallest absolute Gasteiger partial charge is 0.270 e. The number of hydrogen-bond donors (Lipinski definition) is 3. The Morgan fingerprint density at radius 3 is 2.35 bits per heavy atom. The zero-order valence-electron chi connectivity index (χ0n) is 32.7. The third kappa shape index (κ3) is 8.63. The summed E-state index contributed by atoms with van der Waals surface area (Å²) in [6, 6.07) is 29.0. The van der Waals surface area contributed by atoms with Gasteiger partial charge in [-0.15, -0.1) is 0 Å². The topological polar surface area (TPSA) is 134 Å². The van der Waals surface area contributed by atoms with Crippen LogP contribution < -0.4 is 16.0 Å². The molecule has 1 unspecified atom stereocenters. The first kappa shape index (κ1) is 37.7. The lowest BCUT2D eigenvalue weighted by Gasteiger charge is -2.32. The van der Waals surface area contributed by atoms with E-state index in [1.54, 1.807) is 18.6 Å². The van der Waals surface area contributed by atoms with E-state index in [1.165, 1.54) is 11.1 Å². The average Bonchev–Trinajstić information content (AvgIpc) is 3.67. The van der Waals surface area contributed by atoms with Gasteiger partial charge in [0.2, 0.25) is 11.8 Å². The van der Waals surface area contributed by atoms with E-state index in [0.717, 1.165) is 82.8 Å². The first-order valence-corrected chi connectivity index (χ1v) is 19.9. The van der Waals surface area contributed by atoms with E-state index in [0.29, 0.717) is 36.9 Å². The number of anilines is 1. The number of amides is 3. The molecular weight excluding hydrogens is 713 g/mol. The molecular formula is C46H48N8O3. The van der Waals surface area contributed by atoms with Crippen molar-refractivity contribution in [3.05, 3.63) is 137 Å². The van der Waals surface area contributed by atoms with Gasteiger partial charge < -0.3 is 10.6 Å². The van der Waals surface area contributed by atoms with Crippen molar-refractivity contribution in [1.82, 2.24) is 35.1 Å². The van der Waals surface area contributed by atoms with E-state index in [9.17, 15) is 14.4 Å². The maximum absolute atomic E-state index is 12.8. The highest BCUT2D eigenvalue weighted by Gasteiger charge is 2.27. The lowest BCUT2D eigenvalue weighted by Crippen LogP contribution is -2.47. The van der Waals surface area contributed by atoms with Crippen LogP contribution in [0, 0.1) is 6.92 Å². The van der Waals surface area contributed by atoms with Crippen molar-refractivity contribution in [3.63, 3.8) is 0 Å². The van der Waals surface area contributed by atoms with Crippen LogP contribution in [0.15, 0.2) is 104 Å². The van der Waals surface area contributed by atoms with Crippen LogP contribution in [-0.4, -0.2) is 61.3 Å². The Morgan fingerprint density at radius 2 is 1.65 bits per heavy atom. The molecule has 1 atom stereocenters. The highest BCUT2D eigenvalue weighted by atomic mass is 16.2. The Bertz CT molecular complexity index is 2400. The Labute approximate surface area is 332 Å². The number of benzene rings is 3. The summed E-state index contributed by atoms with van der Waals surface area (Å²) in [5.41, 5.74) is 12.1. The number of hydrogen-bond acceptors (Lipinski definition) is 8. The van der Waals surface area contributed by atoms with Crippen LogP contribution in [0.2, 0.25) is 0 Å². The first-order chi connectivity index (χ1) is 27.7. The van der Waals surface area contributed by atoms with Crippen LogP contribution >= 0.6 is 0 Å². The molecule has 3 amide bonds. The van der Waals surface area contributed by atoms with Crippen molar-refractivity contribution >= 4 is 28.9 Å². The van der Waals surface area contributed by atoms with E-state index in [-0.39, 0.29) is 23.8 Å². The summed E-state index contributed by atoms with van der Waals surface area (Å²) in [6.07, 6.45) is 8.50. The molecule has 57 heavy (non-hydrogen) atoms. The van der Waals surface area contributed by atoms with E-state index in [2.05, 4.69) is 117 Å². The third-order valence-corrected chi connectivity index (χ3v) is 11.4. The molecule has 0 spiro atoms. The molecule has 6 aromatic rings. The molecule has 2 fully saturated rings. The maximum Gasteiger partial charge on any atom is 0.270 e. The molecule has 0 bridgehead atoms. The second kappa shape index (κ2) is 16.5. The predicted octanol–water partition coefficient (Wildman–Crippen LogP) is 7.42. The number of likely N-dealkylation sites (tertiary alicyclic amines) is 1. The summed E-state index contributed by atoms with van der Waals surface area (Å²) in [4.78, 5) is 47.9. The van der Waals surface area contributed by atoms with Crippen molar-refractivity contribution in [1.29, 1.82) is 0 Å². The number of fused-ring (bicyclic) bond motifs is 1. The fourth-order valence-electron chi connectivity index (χ4n) is 7.87. The highest BCUT2D eigenvalue weighted by Crippen LogP contribution is 2.32. The van der Waals surface area contributed by atoms with Gasteiger partial charge in [-0.1, -0.05) is 68.4 Å². The Balaban J connectivity index is 0.856. The van der Waals surface area contributed by atoms with Gasteiger partial charge in [0, 0.05) is 48.7 Å². The van der Waals surface area contributed by atoms with Gasteiger partial charge in [0.1, 0.15) is 18.1 Å². The zero-order valence-corrected chi connectivity index (χ0v) is 32.7. The summed E-state index contributed by atoms with van der Waals surface area (Å²) in [7, 11) is 0. The van der Waals surface area contributed by atoms with Crippen LogP contribution in [0.3, 0.4) is 0 Å². The number of aryl methyl sites for hydroxylation is 1. The van der Waals surface area contributed by atoms with Gasteiger partial charge in [0.05, 0.1) is 11.2 Å². The number of carbonyl (C=O) groups is 3. The van der Waals surface area contributed by atoms with Crippen molar-refractivity contribution in [2.45, 2.75) is 77.4 Å². The van der Waals surface area contributed by atoms with Crippen molar-refractivity contribution in [2.24, 2.45) is 0 Å². The molecule has 290 valence electrons. The van der Waals surface area contributed by atoms with Gasteiger partial charge in [-0.25, -0.2) is 9.50 Å². The number of nitrogens with one attached hydrogen (secondary N) is 3. The fourth-order valence-corrected chi connectivity index (χ4v) is 7.87. The molecule has 11 nitrogen and oxygen atoms in total. The van der Waals surface area contributed by atoms with Gasteiger partial charge in [-0.3, -0.25) is 29.6 Å².